The number of aromatic nitrogens is 2. The van der Waals surface area contributed by atoms with Crippen LogP contribution in [0.5, 0.6) is 0 Å². The van der Waals surface area contributed by atoms with Crippen molar-refractivity contribution in [2.45, 2.75) is 70.3 Å². The summed E-state index contributed by atoms with van der Waals surface area (Å²) in [6.07, 6.45) is 8.61. The number of amides is 2. The highest BCUT2D eigenvalue weighted by Gasteiger charge is 2.28. The predicted octanol–water partition coefficient (Wildman–Crippen LogP) is 5.52. The van der Waals surface area contributed by atoms with Crippen molar-refractivity contribution in [3.8, 4) is 11.4 Å². The van der Waals surface area contributed by atoms with Crippen LogP contribution in [0.3, 0.4) is 0 Å². The molecule has 1 saturated heterocycles. The number of benzene rings is 2. The van der Waals surface area contributed by atoms with Crippen LogP contribution in [0.25, 0.3) is 11.4 Å². The average Bonchev–Trinajstić information content (AvgIpc) is 3.27. The number of carbonyl (C=O) groups is 2. The van der Waals surface area contributed by atoms with E-state index in [2.05, 4.69) is 15.5 Å². The molecule has 1 N–H and O–H groups in total. The largest absolute Gasteiger partial charge is 0.349 e. The first kappa shape index (κ1) is 24.2. The minimum Gasteiger partial charge on any atom is -0.349 e. The van der Waals surface area contributed by atoms with Crippen molar-refractivity contribution in [2.75, 3.05) is 13.1 Å². The summed E-state index contributed by atoms with van der Waals surface area (Å²) >= 11 is 0. The summed E-state index contributed by atoms with van der Waals surface area (Å²) in [7, 11) is 0. The lowest BCUT2D eigenvalue weighted by Crippen LogP contribution is -2.38. The number of nitrogens with zero attached hydrogens (tertiary/aromatic N) is 3. The molecule has 2 aromatic carbocycles. The van der Waals surface area contributed by atoms with Crippen LogP contribution in [0.1, 0.15) is 89.5 Å². The molecular weight excluding hydrogens is 452 g/mol. The zero-order valence-corrected chi connectivity index (χ0v) is 20.9. The maximum absolute atomic E-state index is 12.8. The van der Waals surface area contributed by atoms with Crippen LogP contribution < -0.4 is 5.32 Å². The molecule has 188 valence electrons. The second-order valence-corrected chi connectivity index (χ2v) is 10.1. The van der Waals surface area contributed by atoms with E-state index >= 15 is 0 Å². The van der Waals surface area contributed by atoms with E-state index in [4.69, 9.17) is 4.52 Å². The molecule has 0 spiro atoms. The maximum Gasteiger partial charge on any atom is 0.253 e. The Labute approximate surface area is 212 Å². The fourth-order valence-electron chi connectivity index (χ4n) is 5.19. The SMILES string of the molecule is Cc1ccc(C(=O)N2CCC(c3nc(-c4ccc(C(=O)NC5CCCCCC5)cc4)no3)CC2)cc1. The topological polar surface area (TPSA) is 88.3 Å². The van der Waals surface area contributed by atoms with Gasteiger partial charge in [0.1, 0.15) is 0 Å². The van der Waals surface area contributed by atoms with E-state index in [1.165, 1.54) is 25.7 Å². The van der Waals surface area contributed by atoms with Gasteiger partial charge in [-0.3, -0.25) is 9.59 Å². The van der Waals surface area contributed by atoms with Gasteiger partial charge in [0.25, 0.3) is 11.8 Å². The molecule has 2 aliphatic rings. The lowest BCUT2D eigenvalue weighted by atomic mass is 9.96. The molecule has 0 unspecified atom stereocenters. The van der Waals surface area contributed by atoms with Crippen molar-refractivity contribution >= 4 is 11.8 Å². The molecule has 1 aromatic heterocycles. The van der Waals surface area contributed by atoms with Crippen LogP contribution in [-0.2, 0) is 0 Å². The molecule has 5 rings (SSSR count). The van der Waals surface area contributed by atoms with E-state index in [1.807, 2.05) is 60.4 Å². The number of piperidine rings is 1. The fraction of sp³-hybridized carbons (Fsp3) is 0.448. The maximum atomic E-state index is 12.8. The fourth-order valence-corrected chi connectivity index (χ4v) is 5.19. The first-order valence-corrected chi connectivity index (χ1v) is 13.2. The van der Waals surface area contributed by atoms with Gasteiger partial charge < -0.3 is 14.7 Å². The highest BCUT2D eigenvalue weighted by molar-refractivity contribution is 5.95. The minimum absolute atomic E-state index is 0.0193. The normalized spacial score (nSPS) is 17.5. The highest BCUT2D eigenvalue weighted by Crippen LogP contribution is 2.29. The van der Waals surface area contributed by atoms with Crippen molar-refractivity contribution < 1.29 is 14.1 Å². The Morgan fingerprint density at radius 2 is 1.50 bits per heavy atom. The number of aryl methyl sites for hydroxylation is 1. The minimum atomic E-state index is -0.0193. The summed E-state index contributed by atoms with van der Waals surface area (Å²) in [6.45, 7) is 3.35. The molecule has 1 aliphatic heterocycles. The summed E-state index contributed by atoms with van der Waals surface area (Å²) in [5, 5.41) is 7.37. The number of carbonyl (C=O) groups excluding carboxylic acids is 2. The number of rotatable bonds is 5. The summed E-state index contributed by atoms with van der Waals surface area (Å²) in [6, 6.07) is 15.4. The van der Waals surface area contributed by atoms with Crippen molar-refractivity contribution in [3.63, 3.8) is 0 Å². The standard InChI is InChI=1S/C29H34N4O3/c1-20-8-10-24(11-9-20)29(35)33-18-16-23(17-19-33)28-31-26(32-36-28)21-12-14-22(15-13-21)27(34)30-25-6-4-2-3-5-7-25/h8-15,23,25H,2-7,16-19H2,1H3,(H,30,34). The second kappa shape index (κ2) is 11.1. The Balaban J connectivity index is 1.16. The van der Waals surface area contributed by atoms with E-state index in [-0.39, 0.29) is 23.8 Å². The molecule has 2 heterocycles. The summed E-state index contributed by atoms with van der Waals surface area (Å²) in [4.78, 5) is 32.0. The Bertz CT molecular complexity index is 1170. The molecule has 1 saturated carbocycles. The third kappa shape index (κ3) is 5.66. The van der Waals surface area contributed by atoms with E-state index < -0.39 is 0 Å². The van der Waals surface area contributed by atoms with Crippen molar-refractivity contribution in [3.05, 3.63) is 71.1 Å². The quantitative estimate of drug-likeness (QED) is 0.480. The Hall–Kier alpha value is -3.48. The number of likely N-dealkylation sites (tertiary alicyclic amines) is 1. The lowest BCUT2D eigenvalue weighted by Gasteiger charge is -2.30. The molecular formula is C29H34N4O3. The average molecular weight is 487 g/mol. The molecule has 0 atom stereocenters. The van der Waals surface area contributed by atoms with E-state index in [9.17, 15) is 9.59 Å². The molecule has 0 radical (unpaired) electrons. The van der Waals surface area contributed by atoms with Gasteiger partial charge in [-0.1, -0.05) is 60.7 Å². The first-order chi connectivity index (χ1) is 17.6. The van der Waals surface area contributed by atoms with Crippen molar-refractivity contribution in [2.24, 2.45) is 0 Å². The van der Waals surface area contributed by atoms with Crippen LogP contribution in [0.4, 0.5) is 0 Å². The molecule has 1 aliphatic carbocycles. The van der Waals surface area contributed by atoms with Crippen molar-refractivity contribution in [1.29, 1.82) is 0 Å². The van der Waals surface area contributed by atoms with Gasteiger partial charge in [0.05, 0.1) is 0 Å². The first-order valence-electron chi connectivity index (χ1n) is 13.2. The molecule has 0 bridgehead atoms. The Morgan fingerprint density at radius 1 is 0.861 bits per heavy atom. The van der Waals surface area contributed by atoms with Gasteiger partial charge in [-0.05, 0) is 56.9 Å². The van der Waals surface area contributed by atoms with Gasteiger partial charge in [0.2, 0.25) is 11.7 Å². The van der Waals surface area contributed by atoms with Gasteiger partial charge in [-0.2, -0.15) is 4.98 Å². The number of hydrogen-bond donors (Lipinski definition) is 1. The van der Waals surface area contributed by atoms with Crippen LogP contribution in [0.2, 0.25) is 0 Å². The van der Waals surface area contributed by atoms with E-state index in [0.29, 0.717) is 30.4 Å². The summed E-state index contributed by atoms with van der Waals surface area (Å²) in [5.41, 5.74) is 3.34. The molecule has 3 aromatic rings. The Morgan fingerprint density at radius 3 is 2.17 bits per heavy atom. The van der Waals surface area contributed by atoms with Crippen LogP contribution >= 0.6 is 0 Å². The monoisotopic (exact) mass is 486 g/mol. The molecule has 36 heavy (non-hydrogen) atoms. The highest BCUT2D eigenvalue weighted by atomic mass is 16.5. The third-order valence-corrected chi connectivity index (χ3v) is 7.47. The van der Waals surface area contributed by atoms with Gasteiger partial charge in [0.15, 0.2) is 0 Å². The zero-order valence-electron chi connectivity index (χ0n) is 20.9. The smallest absolute Gasteiger partial charge is 0.253 e. The lowest BCUT2D eigenvalue weighted by molar-refractivity contribution is 0.0704. The summed E-state index contributed by atoms with van der Waals surface area (Å²) in [5.74, 6) is 1.33. The molecule has 2 amide bonds. The predicted molar refractivity (Wildman–Crippen MR) is 138 cm³/mol. The third-order valence-electron chi connectivity index (χ3n) is 7.47. The van der Waals surface area contributed by atoms with Crippen molar-refractivity contribution in [1.82, 2.24) is 20.4 Å². The van der Waals surface area contributed by atoms with Crippen LogP contribution in [0.15, 0.2) is 53.1 Å². The van der Waals surface area contributed by atoms with Gasteiger partial charge in [-0.15, -0.1) is 0 Å². The van der Waals surface area contributed by atoms with Crippen LogP contribution in [0, 0.1) is 6.92 Å². The Kier molecular flexibility index (Phi) is 7.44. The molecule has 7 nitrogen and oxygen atoms in total. The van der Waals surface area contributed by atoms with E-state index in [0.717, 1.165) is 42.4 Å². The number of hydrogen-bond acceptors (Lipinski definition) is 5. The number of nitrogens with one attached hydrogen (secondary N) is 1. The van der Waals surface area contributed by atoms with Crippen LogP contribution in [-0.4, -0.2) is 46.0 Å². The van der Waals surface area contributed by atoms with Gasteiger partial charge >= 0.3 is 0 Å². The van der Waals surface area contributed by atoms with E-state index in [1.54, 1.807) is 0 Å². The van der Waals surface area contributed by atoms with Gasteiger partial charge in [-0.25, -0.2) is 0 Å². The zero-order chi connectivity index (χ0) is 24.9. The molecule has 2 fully saturated rings. The van der Waals surface area contributed by atoms with Gasteiger partial charge in [0, 0.05) is 41.7 Å². The summed E-state index contributed by atoms with van der Waals surface area (Å²) < 4.78 is 5.60. The molecule has 7 heteroatoms. The second-order valence-electron chi connectivity index (χ2n) is 10.1.